The van der Waals surface area contributed by atoms with E-state index in [0.717, 1.165) is 35.1 Å². The number of esters is 2. The van der Waals surface area contributed by atoms with E-state index in [1.807, 2.05) is 60.7 Å². The van der Waals surface area contributed by atoms with Crippen molar-refractivity contribution in [2.45, 2.75) is 37.9 Å². The molecule has 1 saturated heterocycles. The summed E-state index contributed by atoms with van der Waals surface area (Å²) in [5.41, 5.74) is 1.82. The van der Waals surface area contributed by atoms with Gasteiger partial charge in [-0.05, 0) is 17.5 Å². The van der Waals surface area contributed by atoms with E-state index < -0.39 is 73.6 Å². The van der Waals surface area contributed by atoms with Crippen LogP contribution in [-0.4, -0.2) is 91.3 Å². The molecule has 0 bridgehead atoms. The van der Waals surface area contributed by atoms with Gasteiger partial charge in [-0.1, -0.05) is 60.7 Å². The van der Waals surface area contributed by atoms with E-state index in [4.69, 9.17) is 9.47 Å². The second-order valence-electron chi connectivity index (χ2n) is 9.37. The Kier molecular flexibility index (Phi) is 11.4. The molecule has 2 atom stereocenters. The first-order valence-corrected chi connectivity index (χ1v) is 13.1. The van der Waals surface area contributed by atoms with Crippen LogP contribution in [0, 0.1) is 0 Å². The molecule has 218 valence electrons. The minimum atomic E-state index is -1.41. The minimum absolute atomic E-state index is 0.179. The van der Waals surface area contributed by atoms with Crippen LogP contribution in [0.1, 0.15) is 24.0 Å². The summed E-state index contributed by atoms with van der Waals surface area (Å²) in [6.45, 7) is -0.626. The Morgan fingerprint density at radius 1 is 0.683 bits per heavy atom. The van der Waals surface area contributed by atoms with Gasteiger partial charge in [0, 0.05) is 13.1 Å². The van der Waals surface area contributed by atoms with Crippen molar-refractivity contribution in [2.24, 2.45) is 0 Å². The van der Waals surface area contributed by atoms with Gasteiger partial charge in [-0.15, -0.1) is 0 Å². The van der Waals surface area contributed by atoms with Crippen LogP contribution < -0.4 is 10.6 Å². The van der Waals surface area contributed by atoms with Crippen LogP contribution in [0.4, 0.5) is 0 Å². The lowest BCUT2D eigenvalue weighted by Gasteiger charge is -2.43. The Labute approximate surface area is 238 Å². The Morgan fingerprint density at radius 2 is 1.12 bits per heavy atom. The highest BCUT2D eigenvalue weighted by Gasteiger charge is 2.48. The number of rotatable bonds is 13. The van der Waals surface area contributed by atoms with Crippen molar-refractivity contribution in [1.82, 2.24) is 20.4 Å². The number of piperazine rings is 1. The number of hydrogen-bond donors (Lipinski definition) is 2. The van der Waals surface area contributed by atoms with E-state index in [0.29, 0.717) is 6.42 Å². The van der Waals surface area contributed by atoms with Gasteiger partial charge in [0.2, 0.25) is 23.6 Å². The molecule has 12 heteroatoms. The van der Waals surface area contributed by atoms with Gasteiger partial charge < -0.3 is 29.9 Å². The largest absolute Gasteiger partial charge is 0.469 e. The smallest absolute Gasteiger partial charge is 0.308 e. The first-order valence-electron chi connectivity index (χ1n) is 13.1. The van der Waals surface area contributed by atoms with E-state index in [-0.39, 0.29) is 13.1 Å². The molecule has 2 N–H and O–H groups in total. The Balaban J connectivity index is 1.77. The third-order valence-corrected chi connectivity index (χ3v) is 6.60. The summed E-state index contributed by atoms with van der Waals surface area (Å²) in [5.74, 6) is -4.24. The summed E-state index contributed by atoms with van der Waals surface area (Å²) in [4.78, 5) is 79.3. The molecule has 2 aromatic rings. The van der Waals surface area contributed by atoms with Crippen molar-refractivity contribution < 1.29 is 38.2 Å². The predicted octanol–water partition coefficient (Wildman–Crippen LogP) is 0.196. The monoisotopic (exact) mass is 566 g/mol. The van der Waals surface area contributed by atoms with Crippen molar-refractivity contribution >= 4 is 35.6 Å². The molecule has 3 rings (SSSR count). The molecule has 1 aliphatic rings. The van der Waals surface area contributed by atoms with Crippen LogP contribution in [0.2, 0.25) is 0 Å². The molecule has 2 aromatic carbocycles. The number of methoxy groups -OCH3 is 2. The van der Waals surface area contributed by atoms with Gasteiger partial charge in [-0.3, -0.25) is 28.8 Å². The van der Waals surface area contributed by atoms with Crippen molar-refractivity contribution in [2.75, 3.05) is 33.9 Å². The molecule has 0 aromatic heterocycles. The van der Waals surface area contributed by atoms with Gasteiger partial charge in [-0.2, -0.15) is 0 Å². The number of nitrogens with one attached hydrogen (secondary N) is 2. The molecule has 1 fully saturated rings. The molecule has 41 heavy (non-hydrogen) atoms. The molecule has 1 aliphatic heterocycles. The average Bonchev–Trinajstić information content (AvgIpc) is 2.99. The Hall–Kier alpha value is -4.74. The fourth-order valence-corrected chi connectivity index (χ4v) is 4.42. The van der Waals surface area contributed by atoms with Crippen molar-refractivity contribution in [3.05, 3.63) is 71.8 Å². The van der Waals surface area contributed by atoms with E-state index in [1.54, 1.807) is 0 Å². The van der Waals surface area contributed by atoms with Crippen LogP contribution in [-0.2, 0) is 51.2 Å². The van der Waals surface area contributed by atoms with Gasteiger partial charge in [0.15, 0.2) is 0 Å². The zero-order valence-corrected chi connectivity index (χ0v) is 23.0. The van der Waals surface area contributed by atoms with Crippen molar-refractivity contribution in [1.29, 1.82) is 0 Å². The van der Waals surface area contributed by atoms with Gasteiger partial charge in [0.25, 0.3) is 0 Å². The molecule has 0 radical (unpaired) electrons. The van der Waals surface area contributed by atoms with Crippen LogP contribution in [0.15, 0.2) is 60.7 Å². The van der Waals surface area contributed by atoms with Gasteiger partial charge >= 0.3 is 11.9 Å². The maximum absolute atomic E-state index is 13.7. The number of benzene rings is 2. The maximum atomic E-state index is 13.7. The Bertz CT molecular complexity index is 1240. The minimum Gasteiger partial charge on any atom is -0.469 e. The number of ether oxygens (including phenoxy) is 2. The molecule has 0 saturated carbocycles. The molecule has 0 spiro atoms. The molecular weight excluding hydrogens is 532 g/mol. The van der Waals surface area contributed by atoms with Gasteiger partial charge in [0.05, 0.1) is 27.1 Å². The molecule has 1 heterocycles. The van der Waals surface area contributed by atoms with Gasteiger partial charge in [0.1, 0.15) is 25.2 Å². The number of amides is 4. The van der Waals surface area contributed by atoms with Crippen LogP contribution >= 0.6 is 0 Å². The van der Waals surface area contributed by atoms with E-state index >= 15 is 0 Å². The first-order chi connectivity index (χ1) is 19.7. The normalized spacial score (nSPS) is 16.6. The third kappa shape index (κ3) is 8.88. The first kappa shape index (κ1) is 30.8. The zero-order valence-electron chi connectivity index (χ0n) is 23.0. The lowest BCUT2D eigenvalue weighted by molar-refractivity contribution is -0.169. The number of hydrogen-bond acceptors (Lipinski definition) is 8. The number of nitrogens with zero attached hydrogens (tertiary/aromatic N) is 2. The summed E-state index contributed by atoms with van der Waals surface area (Å²) in [6.07, 6.45) is -0.530. The highest BCUT2D eigenvalue weighted by molar-refractivity contribution is 6.03. The fourth-order valence-electron chi connectivity index (χ4n) is 4.42. The lowest BCUT2D eigenvalue weighted by atomic mass is 9.99. The lowest BCUT2D eigenvalue weighted by Crippen LogP contribution is -2.67. The van der Waals surface area contributed by atoms with Crippen molar-refractivity contribution in [3.63, 3.8) is 0 Å². The topological polar surface area (TPSA) is 151 Å². The summed E-state index contributed by atoms with van der Waals surface area (Å²) in [6, 6.07) is 15.7. The molecule has 12 nitrogen and oxygen atoms in total. The second-order valence-corrected chi connectivity index (χ2v) is 9.37. The molecule has 0 aliphatic carbocycles. The summed E-state index contributed by atoms with van der Waals surface area (Å²) in [7, 11) is 2.26. The van der Waals surface area contributed by atoms with Crippen LogP contribution in [0.3, 0.4) is 0 Å². The third-order valence-electron chi connectivity index (χ3n) is 6.60. The van der Waals surface area contributed by atoms with E-state index in [1.165, 1.54) is 0 Å². The average molecular weight is 567 g/mol. The molecule has 4 amide bonds. The SMILES string of the molecule is COC(=O)C[C@H]1C(=O)N(CC(=O)NCc2ccccc2)[C@@H](CC(=O)OC)C(=O)N1CC(=O)NCCc1ccccc1. The molecular formula is C29H34N4O8. The predicted molar refractivity (Wildman–Crippen MR) is 146 cm³/mol. The molecule has 0 unspecified atom stereocenters. The number of carbonyl (C=O) groups excluding carboxylic acids is 6. The van der Waals surface area contributed by atoms with Crippen molar-refractivity contribution in [3.8, 4) is 0 Å². The maximum Gasteiger partial charge on any atom is 0.308 e. The summed E-state index contributed by atoms with van der Waals surface area (Å²) >= 11 is 0. The van der Waals surface area contributed by atoms with Gasteiger partial charge in [-0.25, -0.2) is 0 Å². The quantitative estimate of drug-likeness (QED) is 0.326. The van der Waals surface area contributed by atoms with Crippen LogP contribution in [0.25, 0.3) is 0 Å². The highest BCUT2D eigenvalue weighted by Crippen LogP contribution is 2.23. The number of carbonyl (C=O) groups is 6. The second kappa shape index (κ2) is 15.2. The summed E-state index contributed by atoms with van der Waals surface area (Å²) in [5, 5.41) is 5.40. The zero-order chi connectivity index (χ0) is 29.8. The van der Waals surface area contributed by atoms with Crippen LogP contribution in [0.5, 0.6) is 0 Å². The van der Waals surface area contributed by atoms with E-state index in [9.17, 15) is 28.8 Å². The van der Waals surface area contributed by atoms with E-state index in [2.05, 4.69) is 10.6 Å². The Morgan fingerprint density at radius 3 is 1.59 bits per heavy atom. The highest BCUT2D eigenvalue weighted by atomic mass is 16.5. The summed E-state index contributed by atoms with van der Waals surface area (Å²) < 4.78 is 9.43. The standard InChI is InChI=1S/C29H34N4O8/c1-40-26(36)15-22-29(39)33(19-25(35)31-17-21-11-7-4-8-12-21)23(16-27(37)41-2)28(38)32(22)18-24(34)30-14-13-20-9-5-3-6-10-20/h3-12,22-23H,13-19H2,1-2H3,(H,30,34)(H,31,35)/t22-,23-/m0/s1. The fraction of sp³-hybridized carbons (Fsp3) is 0.379.